The summed E-state index contributed by atoms with van der Waals surface area (Å²) in [4.78, 5) is 16.6. The zero-order valence-electron chi connectivity index (χ0n) is 13.1. The highest BCUT2D eigenvalue weighted by molar-refractivity contribution is 7.22. The van der Waals surface area contributed by atoms with E-state index in [2.05, 4.69) is 10.3 Å². The molecule has 0 aliphatic heterocycles. The van der Waals surface area contributed by atoms with Crippen LogP contribution in [0.25, 0.3) is 10.2 Å². The van der Waals surface area contributed by atoms with Crippen LogP contribution in [0, 0.1) is 5.82 Å². The number of methoxy groups -OCH3 is 2. The molecule has 5 nitrogen and oxygen atoms in total. The Morgan fingerprint density at radius 1 is 1.12 bits per heavy atom. The van der Waals surface area contributed by atoms with E-state index < -0.39 is 0 Å². The quantitative estimate of drug-likeness (QED) is 0.766. The highest BCUT2D eigenvalue weighted by Gasteiger charge is 2.15. The molecule has 1 N–H and O–H groups in total. The zero-order chi connectivity index (χ0) is 17.1. The average molecular weight is 346 g/mol. The van der Waals surface area contributed by atoms with Gasteiger partial charge >= 0.3 is 0 Å². The molecule has 0 radical (unpaired) electrons. The Balaban J connectivity index is 1.82. The van der Waals surface area contributed by atoms with Gasteiger partial charge in [-0.2, -0.15) is 0 Å². The molecule has 0 spiro atoms. The number of carbonyl (C=O) groups excluding carboxylic acids is 1. The standard InChI is InChI=1S/C17H15FN2O3S/c1-22-12-7-8-13(23-2)16-15(12)20-17(24-16)19-14(21)9-10-3-5-11(18)6-4-10/h3-8H,9H2,1-2H3,(H,19,20,21). The van der Waals surface area contributed by atoms with Crippen molar-refractivity contribution in [1.82, 2.24) is 4.98 Å². The molecule has 1 heterocycles. The van der Waals surface area contributed by atoms with Crippen LogP contribution in [0.4, 0.5) is 9.52 Å². The van der Waals surface area contributed by atoms with Gasteiger partial charge in [-0.05, 0) is 29.8 Å². The van der Waals surface area contributed by atoms with Crippen LogP contribution in [-0.4, -0.2) is 25.1 Å². The van der Waals surface area contributed by atoms with E-state index in [4.69, 9.17) is 9.47 Å². The smallest absolute Gasteiger partial charge is 0.230 e. The number of thiazole rings is 1. The van der Waals surface area contributed by atoms with Crippen LogP contribution in [0.2, 0.25) is 0 Å². The van der Waals surface area contributed by atoms with E-state index in [9.17, 15) is 9.18 Å². The lowest BCUT2D eigenvalue weighted by Crippen LogP contribution is -2.14. The fourth-order valence-electron chi connectivity index (χ4n) is 2.29. The number of nitrogens with one attached hydrogen (secondary N) is 1. The SMILES string of the molecule is COc1ccc(OC)c2sc(NC(=O)Cc3ccc(F)cc3)nc12. The van der Waals surface area contributed by atoms with Gasteiger partial charge in [0, 0.05) is 0 Å². The van der Waals surface area contributed by atoms with E-state index in [1.165, 1.54) is 23.5 Å². The minimum Gasteiger partial charge on any atom is -0.495 e. The molecule has 1 aromatic heterocycles. The fraction of sp³-hybridized carbons (Fsp3) is 0.176. The van der Waals surface area contributed by atoms with E-state index in [0.717, 1.165) is 10.3 Å². The Kier molecular flexibility index (Phi) is 4.61. The molecule has 124 valence electrons. The molecule has 0 saturated carbocycles. The lowest BCUT2D eigenvalue weighted by atomic mass is 10.1. The van der Waals surface area contributed by atoms with Crippen LogP contribution in [-0.2, 0) is 11.2 Å². The van der Waals surface area contributed by atoms with Crippen molar-refractivity contribution < 1.29 is 18.7 Å². The number of ether oxygens (including phenoxy) is 2. The van der Waals surface area contributed by atoms with Crippen molar-refractivity contribution in [2.75, 3.05) is 19.5 Å². The number of hydrogen-bond acceptors (Lipinski definition) is 5. The van der Waals surface area contributed by atoms with E-state index in [1.54, 1.807) is 38.5 Å². The molecule has 0 unspecified atom stereocenters. The minimum absolute atomic E-state index is 0.143. The first-order valence-electron chi connectivity index (χ1n) is 7.16. The maximum atomic E-state index is 12.9. The number of anilines is 1. The van der Waals surface area contributed by atoms with Crippen molar-refractivity contribution in [2.45, 2.75) is 6.42 Å². The third kappa shape index (κ3) is 3.30. The first kappa shape index (κ1) is 16.2. The summed E-state index contributed by atoms with van der Waals surface area (Å²) < 4.78 is 24.3. The molecule has 3 rings (SSSR count). The number of benzene rings is 2. The van der Waals surface area contributed by atoms with E-state index in [1.807, 2.05) is 0 Å². The highest BCUT2D eigenvalue weighted by atomic mass is 32.1. The van der Waals surface area contributed by atoms with Crippen LogP contribution in [0.5, 0.6) is 11.5 Å². The van der Waals surface area contributed by atoms with Crippen LogP contribution in [0.3, 0.4) is 0 Å². The topological polar surface area (TPSA) is 60.5 Å². The average Bonchev–Trinajstić information content (AvgIpc) is 2.99. The molecule has 24 heavy (non-hydrogen) atoms. The maximum Gasteiger partial charge on any atom is 0.230 e. The number of halogens is 1. The summed E-state index contributed by atoms with van der Waals surface area (Å²) in [6.45, 7) is 0. The summed E-state index contributed by atoms with van der Waals surface area (Å²) in [7, 11) is 3.14. The maximum absolute atomic E-state index is 12.9. The molecule has 0 fully saturated rings. The lowest BCUT2D eigenvalue weighted by Gasteiger charge is -2.03. The summed E-state index contributed by atoms with van der Waals surface area (Å²) in [6, 6.07) is 9.39. The van der Waals surface area contributed by atoms with Crippen molar-refractivity contribution >= 4 is 32.6 Å². The number of amides is 1. The van der Waals surface area contributed by atoms with Crippen LogP contribution in [0.1, 0.15) is 5.56 Å². The number of fused-ring (bicyclic) bond motifs is 1. The summed E-state index contributed by atoms with van der Waals surface area (Å²) in [5.41, 5.74) is 1.36. The first-order valence-corrected chi connectivity index (χ1v) is 7.98. The summed E-state index contributed by atoms with van der Waals surface area (Å²) in [6.07, 6.45) is 0.143. The molecule has 0 aliphatic carbocycles. The second kappa shape index (κ2) is 6.84. The Labute approximate surface area is 142 Å². The van der Waals surface area contributed by atoms with Crippen molar-refractivity contribution in [3.63, 3.8) is 0 Å². The van der Waals surface area contributed by atoms with Crippen molar-refractivity contribution in [1.29, 1.82) is 0 Å². The molecular weight excluding hydrogens is 331 g/mol. The fourth-order valence-corrected chi connectivity index (χ4v) is 3.28. The van der Waals surface area contributed by atoms with Crippen LogP contribution < -0.4 is 14.8 Å². The van der Waals surface area contributed by atoms with Gasteiger partial charge in [-0.15, -0.1) is 0 Å². The van der Waals surface area contributed by atoms with E-state index in [-0.39, 0.29) is 18.1 Å². The van der Waals surface area contributed by atoms with Gasteiger partial charge in [0.05, 0.1) is 20.6 Å². The summed E-state index contributed by atoms with van der Waals surface area (Å²) >= 11 is 1.31. The first-order chi connectivity index (χ1) is 11.6. The third-order valence-corrected chi connectivity index (χ3v) is 4.42. The normalized spacial score (nSPS) is 10.6. The molecule has 0 aliphatic rings. The van der Waals surface area contributed by atoms with Crippen LogP contribution >= 0.6 is 11.3 Å². The van der Waals surface area contributed by atoms with Gasteiger partial charge in [-0.1, -0.05) is 23.5 Å². The molecular formula is C17H15FN2O3S. The molecule has 2 aromatic carbocycles. The Bertz CT molecular complexity index is 836. The van der Waals surface area contributed by atoms with Gasteiger partial charge in [0.25, 0.3) is 0 Å². The molecule has 3 aromatic rings. The monoisotopic (exact) mass is 346 g/mol. The van der Waals surface area contributed by atoms with Gasteiger partial charge in [0.15, 0.2) is 5.13 Å². The van der Waals surface area contributed by atoms with E-state index >= 15 is 0 Å². The minimum atomic E-state index is -0.329. The Morgan fingerprint density at radius 2 is 1.79 bits per heavy atom. The molecule has 7 heteroatoms. The molecule has 1 amide bonds. The number of rotatable bonds is 5. The van der Waals surface area contributed by atoms with Gasteiger partial charge in [0.1, 0.15) is 27.5 Å². The number of nitrogens with zero attached hydrogens (tertiary/aromatic N) is 1. The van der Waals surface area contributed by atoms with Gasteiger partial charge < -0.3 is 14.8 Å². The second-order valence-corrected chi connectivity index (χ2v) is 6.02. The third-order valence-electron chi connectivity index (χ3n) is 3.43. The van der Waals surface area contributed by atoms with Gasteiger partial charge in [0.2, 0.25) is 5.91 Å². The van der Waals surface area contributed by atoms with Gasteiger partial charge in [-0.25, -0.2) is 9.37 Å². The lowest BCUT2D eigenvalue weighted by molar-refractivity contribution is -0.115. The van der Waals surface area contributed by atoms with Crippen molar-refractivity contribution in [2.24, 2.45) is 0 Å². The van der Waals surface area contributed by atoms with E-state index in [0.29, 0.717) is 22.1 Å². The van der Waals surface area contributed by atoms with Crippen molar-refractivity contribution in [3.05, 3.63) is 47.8 Å². The van der Waals surface area contributed by atoms with Gasteiger partial charge in [-0.3, -0.25) is 4.79 Å². The number of carbonyl (C=O) groups is 1. The molecule has 0 bridgehead atoms. The number of hydrogen-bond donors (Lipinski definition) is 1. The van der Waals surface area contributed by atoms with Crippen molar-refractivity contribution in [3.8, 4) is 11.5 Å². The Hall–Kier alpha value is -2.67. The van der Waals surface area contributed by atoms with Crippen LogP contribution in [0.15, 0.2) is 36.4 Å². The predicted octanol–water partition coefficient (Wildman–Crippen LogP) is 3.63. The number of aromatic nitrogens is 1. The zero-order valence-corrected chi connectivity index (χ0v) is 13.9. The summed E-state index contributed by atoms with van der Waals surface area (Å²) in [5.74, 6) is 0.728. The molecule has 0 atom stereocenters. The largest absolute Gasteiger partial charge is 0.495 e. The predicted molar refractivity (Wildman–Crippen MR) is 91.5 cm³/mol. The molecule has 0 saturated heterocycles. The Morgan fingerprint density at radius 3 is 2.46 bits per heavy atom. The summed E-state index contributed by atoms with van der Waals surface area (Å²) in [5, 5.41) is 3.22. The second-order valence-electron chi connectivity index (χ2n) is 5.02. The highest BCUT2D eigenvalue weighted by Crippen LogP contribution is 2.38.